The molecule has 0 saturated heterocycles. The Balaban J connectivity index is 1.60. The molecule has 3 heteroatoms. The number of fused-ring (bicyclic) bond motifs is 7. The van der Waals surface area contributed by atoms with E-state index in [1.807, 2.05) is 0 Å². The van der Waals surface area contributed by atoms with Gasteiger partial charge in [0.05, 0.1) is 18.6 Å². The quantitative estimate of drug-likeness (QED) is 0.322. The van der Waals surface area contributed by atoms with Crippen LogP contribution in [-0.4, -0.2) is 24.3 Å². The molecule has 4 saturated carbocycles. The van der Waals surface area contributed by atoms with Crippen LogP contribution >= 0.6 is 0 Å². The molecule has 0 amide bonds. The van der Waals surface area contributed by atoms with Gasteiger partial charge in [0, 0.05) is 0 Å². The molecule has 0 aromatic heterocycles. The summed E-state index contributed by atoms with van der Waals surface area (Å²) < 4.78 is 5.49. The number of hydrogen-bond donors (Lipinski definition) is 1. The molecule has 0 aromatic rings. The van der Waals surface area contributed by atoms with Crippen molar-refractivity contribution in [3.63, 3.8) is 0 Å². The number of methoxy groups -OCH3 is 1. The van der Waals surface area contributed by atoms with Crippen molar-refractivity contribution >= 4 is 5.97 Å². The standard InChI is InChI=1S/C31H50O3/c1-26(2)15-17-31(25(33)34-8)18-16-29(6)20(21(31)19-26)9-10-23-28(5)13-12-24(32)27(3,4)22(28)11-14-30(23,29)7/h9,21-24,32H,10-19H2,1-8H3/t21-,22-,23+,24-,28?,29+,30+,31-/m0/s1. The maximum Gasteiger partial charge on any atom is 0.312 e. The zero-order valence-corrected chi connectivity index (χ0v) is 23.2. The molecule has 0 aromatic carbocycles. The van der Waals surface area contributed by atoms with Crippen molar-refractivity contribution in [1.29, 1.82) is 0 Å². The van der Waals surface area contributed by atoms with Crippen molar-refractivity contribution in [1.82, 2.24) is 0 Å². The molecule has 0 aliphatic heterocycles. The lowest BCUT2D eigenvalue weighted by Crippen LogP contribution is -2.65. The molecule has 5 aliphatic carbocycles. The zero-order chi connectivity index (χ0) is 24.9. The maximum atomic E-state index is 13.3. The van der Waals surface area contributed by atoms with Crippen LogP contribution < -0.4 is 0 Å². The number of carbonyl (C=O) groups is 1. The third-order valence-corrected chi connectivity index (χ3v) is 13.2. The van der Waals surface area contributed by atoms with Crippen molar-refractivity contribution < 1.29 is 14.6 Å². The summed E-state index contributed by atoms with van der Waals surface area (Å²) in [5.74, 6) is 1.57. The van der Waals surface area contributed by atoms with Crippen LogP contribution in [0.15, 0.2) is 11.6 Å². The van der Waals surface area contributed by atoms with Crippen LogP contribution in [0, 0.1) is 50.2 Å². The highest BCUT2D eigenvalue weighted by molar-refractivity contribution is 5.78. The highest BCUT2D eigenvalue weighted by Gasteiger charge is 2.69. The number of hydrogen-bond acceptors (Lipinski definition) is 3. The molecule has 0 radical (unpaired) electrons. The van der Waals surface area contributed by atoms with Gasteiger partial charge in [-0.05, 0) is 109 Å². The number of allylic oxidation sites excluding steroid dienone is 2. The number of aliphatic hydroxyl groups excluding tert-OH is 1. The Kier molecular flexibility index (Phi) is 5.38. The van der Waals surface area contributed by atoms with E-state index < -0.39 is 0 Å². The Morgan fingerprint density at radius 2 is 1.59 bits per heavy atom. The van der Waals surface area contributed by atoms with Crippen LogP contribution in [0.3, 0.4) is 0 Å². The molecule has 3 nitrogen and oxygen atoms in total. The summed E-state index contributed by atoms with van der Waals surface area (Å²) in [4.78, 5) is 13.3. The second kappa shape index (κ2) is 7.36. The second-order valence-corrected chi connectivity index (χ2v) is 15.2. The van der Waals surface area contributed by atoms with Gasteiger partial charge in [0.25, 0.3) is 0 Å². The van der Waals surface area contributed by atoms with Crippen LogP contribution in [0.1, 0.15) is 113 Å². The molecule has 192 valence electrons. The number of aliphatic hydroxyl groups is 1. The van der Waals surface area contributed by atoms with Crippen molar-refractivity contribution in [2.45, 2.75) is 119 Å². The lowest BCUT2D eigenvalue weighted by Gasteiger charge is -2.71. The van der Waals surface area contributed by atoms with Crippen LogP contribution in [0.25, 0.3) is 0 Å². The Morgan fingerprint density at radius 3 is 2.26 bits per heavy atom. The van der Waals surface area contributed by atoms with Gasteiger partial charge >= 0.3 is 5.97 Å². The van der Waals surface area contributed by atoms with Gasteiger partial charge in [-0.15, -0.1) is 0 Å². The van der Waals surface area contributed by atoms with E-state index in [1.165, 1.54) is 12.8 Å². The highest BCUT2D eigenvalue weighted by atomic mass is 16.5. The van der Waals surface area contributed by atoms with Gasteiger partial charge < -0.3 is 9.84 Å². The van der Waals surface area contributed by atoms with Gasteiger partial charge in [-0.1, -0.05) is 60.1 Å². The van der Waals surface area contributed by atoms with E-state index in [1.54, 1.807) is 12.7 Å². The monoisotopic (exact) mass is 470 g/mol. The second-order valence-electron chi connectivity index (χ2n) is 15.2. The first-order chi connectivity index (χ1) is 15.7. The molecule has 5 aliphatic rings. The Labute approximate surface area is 208 Å². The van der Waals surface area contributed by atoms with E-state index in [-0.39, 0.29) is 44.6 Å². The van der Waals surface area contributed by atoms with E-state index in [9.17, 15) is 9.90 Å². The number of ether oxygens (including phenoxy) is 1. The molecule has 0 heterocycles. The maximum absolute atomic E-state index is 13.3. The zero-order valence-electron chi connectivity index (χ0n) is 23.2. The van der Waals surface area contributed by atoms with Crippen molar-refractivity contribution in [3.05, 3.63) is 11.6 Å². The first kappa shape index (κ1) is 24.8. The molecule has 1 unspecified atom stereocenters. The van der Waals surface area contributed by atoms with E-state index in [0.29, 0.717) is 17.8 Å². The molecule has 0 spiro atoms. The van der Waals surface area contributed by atoms with Gasteiger partial charge in [-0.2, -0.15) is 0 Å². The highest BCUT2D eigenvalue weighted by Crippen LogP contribution is 2.75. The smallest absolute Gasteiger partial charge is 0.312 e. The fourth-order valence-electron chi connectivity index (χ4n) is 10.8. The van der Waals surface area contributed by atoms with Crippen molar-refractivity contribution in [2.75, 3.05) is 7.11 Å². The minimum Gasteiger partial charge on any atom is -0.469 e. The molecular formula is C31H50O3. The molecule has 5 rings (SSSR count). The van der Waals surface area contributed by atoms with Gasteiger partial charge in [0.2, 0.25) is 0 Å². The molecule has 1 N–H and O–H groups in total. The molecule has 0 bridgehead atoms. The van der Waals surface area contributed by atoms with Gasteiger partial charge in [0.1, 0.15) is 0 Å². The number of carbonyl (C=O) groups excluding carboxylic acids is 1. The molecule has 8 atom stereocenters. The third-order valence-electron chi connectivity index (χ3n) is 13.2. The van der Waals surface area contributed by atoms with Crippen molar-refractivity contribution in [3.8, 4) is 0 Å². The van der Waals surface area contributed by atoms with E-state index in [4.69, 9.17) is 4.74 Å². The van der Waals surface area contributed by atoms with Gasteiger partial charge in [-0.25, -0.2) is 0 Å². The minimum atomic E-state index is -0.323. The fraction of sp³-hybridized carbons (Fsp3) is 0.903. The van der Waals surface area contributed by atoms with Crippen LogP contribution in [-0.2, 0) is 9.53 Å². The summed E-state index contributed by atoms with van der Waals surface area (Å²) in [6.07, 6.45) is 13.4. The topological polar surface area (TPSA) is 46.5 Å². The van der Waals surface area contributed by atoms with E-state index in [2.05, 4.69) is 54.5 Å². The molecule has 34 heavy (non-hydrogen) atoms. The number of esters is 1. The summed E-state index contributed by atoms with van der Waals surface area (Å²) >= 11 is 0. The van der Waals surface area contributed by atoms with Crippen LogP contribution in [0.5, 0.6) is 0 Å². The summed E-state index contributed by atoms with van der Waals surface area (Å²) in [5.41, 5.74) is 2.18. The summed E-state index contributed by atoms with van der Waals surface area (Å²) in [6, 6.07) is 0. The molecular weight excluding hydrogens is 420 g/mol. The van der Waals surface area contributed by atoms with Gasteiger partial charge in [-0.3, -0.25) is 4.79 Å². The number of rotatable bonds is 1. The average Bonchev–Trinajstić information content (AvgIpc) is 2.76. The van der Waals surface area contributed by atoms with Crippen molar-refractivity contribution in [2.24, 2.45) is 50.2 Å². The van der Waals surface area contributed by atoms with Gasteiger partial charge in [0.15, 0.2) is 0 Å². The lowest BCUT2D eigenvalue weighted by atomic mass is 9.33. The Hall–Kier alpha value is -0.830. The fourth-order valence-corrected chi connectivity index (χ4v) is 10.8. The summed E-state index contributed by atoms with van der Waals surface area (Å²) in [7, 11) is 1.59. The Morgan fingerprint density at radius 1 is 0.912 bits per heavy atom. The van der Waals surface area contributed by atoms with E-state index >= 15 is 0 Å². The lowest BCUT2D eigenvalue weighted by molar-refractivity contribution is -0.206. The first-order valence-corrected chi connectivity index (χ1v) is 14.2. The normalized spacial score (nSPS) is 51.1. The summed E-state index contributed by atoms with van der Waals surface area (Å²) in [6.45, 7) is 17.2. The van der Waals surface area contributed by atoms with Crippen LogP contribution in [0.2, 0.25) is 0 Å². The first-order valence-electron chi connectivity index (χ1n) is 14.2. The minimum absolute atomic E-state index is 0.0147. The average molecular weight is 471 g/mol. The van der Waals surface area contributed by atoms with Crippen LogP contribution in [0.4, 0.5) is 0 Å². The predicted molar refractivity (Wildman–Crippen MR) is 137 cm³/mol. The SMILES string of the molecule is COC(=O)[C@]12CCC(C)(C)C[C@H]1C1=CC[C@@H]3C4(C)CC[C@H](O)C(C)(C)[C@@H]4CC[C@@]3(C)[C@]1(C)CC2. The molecule has 4 fully saturated rings. The Bertz CT molecular complexity index is 900. The van der Waals surface area contributed by atoms with E-state index in [0.717, 1.165) is 51.4 Å². The third kappa shape index (κ3) is 2.94. The largest absolute Gasteiger partial charge is 0.469 e. The summed E-state index contributed by atoms with van der Waals surface area (Å²) in [5, 5.41) is 10.9. The predicted octanol–water partition coefficient (Wildman–Crippen LogP) is 7.32.